The Hall–Kier alpha value is -1.38. The Bertz CT molecular complexity index is 595. The van der Waals surface area contributed by atoms with Crippen molar-refractivity contribution >= 4 is 35.6 Å². The van der Waals surface area contributed by atoms with Crippen LogP contribution in [0.4, 0.5) is 0 Å². The van der Waals surface area contributed by atoms with Crippen LogP contribution < -0.4 is 11.1 Å². The number of unbranched alkanes of at least 4 members (excludes halogenated alkanes) is 5. The molecule has 2 aromatic rings. The molecule has 0 fully saturated rings. The van der Waals surface area contributed by atoms with Crippen LogP contribution in [0.1, 0.15) is 51.3 Å². The van der Waals surface area contributed by atoms with Crippen LogP contribution in [0.25, 0.3) is 5.65 Å². The molecule has 0 unspecified atom stereocenters. The highest BCUT2D eigenvalue weighted by molar-refractivity contribution is 14.0. The van der Waals surface area contributed by atoms with Crippen molar-refractivity contribution in [1.82, 2.24) is 19.9 Å². The molecule has 0 saturated carbocycles. The zero-order valence-electron chi connectivity index (χ0n) is 13.7. The molecular formula is C16H27IN6. The minimum absolute atomic E-state index is 0. The summed E-state index contributed by atoms with van der Waals surface area (Å²) in [7, 11) is 0. The monoisotopic (exact) mass is 430 g/mol. The van der Waals surface area contributed by atoms with Crippen LogP contribution in [-0.4, -0.2) is 27.1 Å². The Morgan fingerprint density at radius 1 is 1.17 bits per heavy atom. The SMILES string of the molecule is CCCCCCCCNC(N)=NCc1nnc2ccccn12.I. The molecule has 2 heterocycles. The minimum Gasteiger partial charge on any atom is -0.370 e. The van der Waals surface area contributed by atoms with E-state index in [1.54, 1.807) is 0 Å². The third-order valence-electron chi connectivity index (χ3n) is 3.61. The summed E-state index contributed by atoms with van der Waals surface area (Å²) in [5, 5.41) is 11.4. The van der Waals surface area contributed by atoms with Crippen LogP contribution in [0.15, 0.2) is 29.4 Å². The van der Waals surface area contributed by atoms with Gasteiger partial charge < -0.3 is 11.1 Å². The third kappa shape index (κ3) is 6.72. The van der Waals surface area contributed by atoms with Gasteiger partial charge >= 0.3 is 0 Å². The van der Waals surface area contributed by atoms with E-state index in [1.165, 1.54) is 32.1 Å². The van der Waals surface area contributed by atoms with Crippen molar-refractivity contribution in [2.75, 3.05) is 6.54 Å². The Morgan fingerprint density at radius 2 is 1.96 bits per heavy atom. The van der Waals surface area contributed by atoms with Crippen LogP contribution in [0.2, 0.25) is 0 Å². The molecule has 3 N–H and O–H groups in total. The number of nitrogens with zero attached hydrogens (tertiary/aromatic N) is 4. The van der Waals surface area contributed by atoms with Gasteiger partial charge in [-0.2, -0.15) is 0 Å². The molecule has 23 heavy (non-hydrogen) atoms. The lowest BCUT2D eigenvalue weighted by molar-refractivity contribution is 0.601. The normalized spacial score (nSPS) is 11.4. The first-order valence-corrected chi connectivity index (χ1v) is 8.13. The van der Waals surface area contributed by atoms with Gasteiger partial charge in [-0.05, 0) is 18.6 Å². The van der Waals surface area contributed by atoms with Gasteiger partial charge in [-0.3, -0.25) is 4.40 Å². The molecule has 7 heteroatoms. The van der Waals surface area contributed by atoms with Gasteiger partial charge in [0.05, 0.1) is 0 Å². The summed E-state index contributed by atoms with van der Waals surface area (Å²) in [6.07, 6.45) is 9.57. The number of nitrogens with one attached hydrogen (secondary N) is 1. The van der Waals surface area contributed by atoms with E-state index in [-0.39, 0.29) is 24.0 Å². The molecule has 0 aliphatic heterocycles. The van der Waals surface area contributed by atoms with E-state index >= 15 is 0 Å². The van der Waals surface area contributed by atoms with E-state index < -0.39 is 0 Å². The average Bonchev–Trinajstić information content (AvgIpc) is 2.95. The molecule has 6 nitrogen and oxygen atoms in total. The zero-order chi connectivity index (χ0) is 15.6. The Morgan fingerprint density at radius 3 is 2.78 bits per heavy atom. The molecule has 0 aromatic carbocycles. The van der Waals surface area contributed by atoms with Crippen LogP contribution in [0.5, 0.6) is 0 Å². The fourth-order valence-electron chi connectivity index (χ4n) is 2.33. The number of halogens is 1. The zero-order valence-corrected chi connectivity index (χ0v) is 16.1. The van der Waals surface area contributed by atoms with Crippen molar-refractivity contribution in [3.05, 3.63) is 30.2 Å². The van der Waals surface area contributed by atoms with Gasteiger partial charge in [0.15, 0.2) is 17.4 Å². The Balaban J connectivity index is 0.00000264. The van der Waals surface area contributed by atoms with Gasteiger partial charge in [0.25, 0.3) is 0 Å². The van der Waals surface area contributed by atoms with E-state index in [1.807, 2.05) is 28.8 Å². The first-order chi connectivity index (χ1) is 10.8. The highest BCUT2D eigenvalue weighted by atomic mass is 127. The summed E-state index contributed by atoms with van der Waals surface area (Å²) in [5.74, 6) is 1.26. The molecule has 0 saturated heterocycles. The average molecular weight is 430 g/mol. The van der Waals surface area contributed by atoms with Crippen LogP contribution >= 0.6 is 24.0 Å². The van der Waals surface area contributed by atoms with E-state index in [0.29, 0.717) is 12.5 Å². The molecule has 0 amide bonds. The summed E-state index contributed by atoms with van der Waals surface area (Å²) in [6.45, 7) is 3.54. The highest BCUT2D eigenvalue weighted by Crippen LogP contribution is 2.05. The van der Waals surface area contributed by atoms with Gasteiger partial charge in [0, 0.05) is 12.7 Å². The lowest BCUT2D eigenvalue weighted by Crippen LogP contribution is -2.32. The summed E-state index contributed by atoms with van der Waals surface area (Å²) in [5.41, 5.74) is 6.70. The molecule has 128 valence electrons. The fraction of sp³-hybridized carbons (Fsp3) is 0.562. The topological polar surface area (TPSA) is 80.6 Å². The van der Waals surface area contributed by atoms with E-state index in [2.05, 4.69) is 27.4 Å². The van der Waals surface area contributed by atoms with Crippen molar-refractivity contribution < 1.29 is 0 Å². The van der Waals surface area contributed by atoms with E-state index in [0.717, 1.165) is 24.4 Å². The molecule has 0 aliphatic rings. The molecule has 0 bridgehead atoms. The lowest BCUT2D eigenvalue weighted by atomic mass is 10.1. The van der Waals surface area contributed by atoms with Gasteiger partial charge in [-0.25, -0.2) is 4.99 Å². The van der Waals surface area contributed by atoms with Crippen molar-refractivity contribution in [2.45, 2.75) is 52.0 Å². The summed E-state index contributed by atoms with van der Waals surface area (Å²) < 4.78 is 1.92. The Labute approximate surface area is 155 Å². The molecule has 2 rings (SSSR count). The second-order valence-electron chi connectivity index (χ2n) is 5.44. The maximum absolute atomic E-state index is 5.88. The lowest BCUT2D eigenvalue weighted by Gasteiger charge is -2.05. The van der Waals surface area contributed by atoms with Crippen molar-refractivity contribution in [3.8, 4) is 0 Å². The first kappa shape index (κ1) is 19.7. The number of pyridine rings is 1. The number of nitrogens with two attached hydrogens (primary N) is 1. The predicted octanol–water partition coefficient (Wildman–Crippen LogP) is 3.11. The van der Waals surface area contributed by atoms with Crippen molar-refractivity contribution in [1.29, 1.82) is 0 Å². The number of hydrogen-bond donors (Lipinski definition) is 2. The molecule has 0 spiro atoms. The molecule has 2 aromatic heterocycles. The summed E-state index contributed by atoms with van der Waals surface area (Å²) in [4.78, 5) is 4.32. The standard InChI is InChI=1S/C16H26N6.HI/c1-2-3-4-5-6-8-11-18-16(17)19-13-15-21-20-14-10-7-9-12-22(14)15;/h7,9-10,12H,2-6,8,11,13H2,1H3,(H3,17,18,19);1H. The highest BCUT2D eigenvalue weighted by Gasteiger charge is 2.03. The fourth-order valence-corrected chi connectivity index (χ4v) is 2.33. The van der Waals surface area contributed by atoms with Crippen LogP contribution in [0.3, 0.4) is 0 Å². The summed E-state index contributed by atoms with van der Waals surface area (Å²) >= 11 is 0. The van der Waals surface area contributed by atoms with E-state index in [9.17, 15) is 0 Å². The smallest absolute Gasteiger partial charge is 0.189 e. The molecular weight excluding hydrogens is 403 g/mol. The predicted molar refractivity (Wildman–Crippen MR) is 105 cm³/mol. The first-order valence-electron chi connectivity index (χ1n) is 8.13. The second-order valence-corrected chi connectivity index (χ2v) is 5.44. The molecule has 0 atom stereocenters. The number of hydrogen-bond acceptors (Lipinski definition) is 3. The van der Waals surface area contributed by atoms with Gasteiger partial charge in [-0.1, -0.05) is 45.1 Å². The van der Waals surface area contributed by atoms with Gasteiger partial charge in [0.1, 0.15) is 6.54 Å². The molecule has 0 aliphatic carbocycles. The maximum Gasteiger partial charge on any atom is 0.189 e. The van der Waals surface area contributed by atoms with Crippen LogP contribution in [-0.2, 0) is 6.54 Å². The Kier molecular flexibility index (Phi) is 9.58. The molecule has 0 radical (unpaired) electrons. The third-order valence-corrected chi connectivity index (χ3v) is 3.61. The number of aromatic nitrogens is 3. The minimum atomic E-state index is 0. The van der Waals surface area contributed by atoms with E-state index in [4.69, 9.17) is 5.73 Å². The quantitative estimate of drug-likeness (QED) is 0.277. The largest absolute Gasteiger partial charge is 0.370 e. The van der Waals surface area contributed by atoms with Crippen LogP contribution in [0, 0.1) is 0 Å². The number of fused-ring (bicyclic) bond motifs is 1. The maximum atomic E-state index is 5.88. The number of guanidine groups is 1. The van der Waals surface area contributed by atoms with Gasteiger partial charge in [-0.15, -0.1) is 34.2 Å². The number of rotatable bonds is 9. The number of aliphatic imine (C=N–C) groups is 1. The van der Waals surface area contributed by atoms with Crippen molar-refractivity contribution in [3.63, 3.8) is 0 Å². The second kappa shape index (κ2) is 11.2. The van der Waals surface area contributed by atoms with Gasteiger partial charge in [0.2, 0.25) is 0 Å². The summed E-state index contributed by atoms with van der Waals surface area (Å²) in [6, 6.07) is 5.80. The van der Waals surface area contributed by atoms with Crippen molar-refractivity contribution in [2.24, 2.45) is 10.7 Å².